The number of nitrogens with zero attached hydrogens (tertiary/aromatic N) is 2. The summed E-state index contributed by atoms with van der Waals surface area (Å²) in [5.74, 6) is -0.168. The van der Waals surface area contributed by atoms with E-state index < -0.39 is 5.09 Å². The van der Waals surface area contributed by atoms with Gasteiger partial charge in [-0.1, -0.05) is 27.7 Å². The minimum atomic E-state index is -0.864. The third kappa shape index (κ3) is 8.06. The number of nitrogens with one attached hydrogen (secondary N) is 1. The number of carbonyl (C=O) groups excluding carboxylic acids is 2. The standard InChI is InChI=1S/C14H16N2O6.C6H15N/c1-2-21-10-5-6-11-12(9-10)14(18)15(13(11)17)7-3-4-8-22-16(19)20;1-5(2)7-6(3)4/h5-6,9H,2-4,7-8H2,1H3;5-7H,1-4H3. The molecule has 9 nitrogen and oxygen atoms in total. The second-order valence-electron chi connectivity index (χ2n) is 7.14. The molecular formula is C20H31N3O6. The lowest BCUT2D eigenvalue weighted by atomic mass is 10.1. The second kappa shape index (κ2) is 12.0. The summed E-state index contributed by atoms with van der Waals surface area (Å²) in [5.41, 5.74) is 0.687. The molecule has 0 spiro atoms. The highest BCUT2D eigenvalue weighted by atomic mass is 16.9. The number of hydrogen-bond acceptors (Lipinski definition) is 7. The summed E-state index contributed by atoms with van der Waals surface area (Å²) in [7, 11) is 0. The Bertz CT molecular complexity index is 699. The normalized spacial score (nSPS) is 12.7. The Labute approximate surface area is 171 Å². The molecule has 2 rings (SSSR count). The third-order valence-electron chi connectivity index (χ3n) is 3.89. The monoisotopic (exact) mass is 409 g/mol. The van der Waals surface area contributed by atoms with Gasteiger partial charge in [0.1, 0.15) is 5.75 Å². The van der Waals surface area contributed by atoms with Gasteiger partial charge in [0.2, 0.25) is 0 Å². The van der Waals surface area contributed by atoms with E-state index in [2.05, 4.69) is 37.8 Å². The molecule has 1 N–H and O–H groups in total. The van der Waals surface area contributed by atoms with Crippen LogP contribution in [0.3, 0.4) is 0 Å². The van der Waals surface area contributed by atoms with Crippen LogP contribution >= 0.6 is 0 Å². The SMILES string of the molecule is CC(C)NC(C)C.CCOc1ccc2c(c1)C(=O)N(CCCCO[N+](=O)[O-])C2=O. The molecule has 1 heterocycles. The molecule has 1 aromatic rings. The first kappa shape index (κ1) is 24.4. The first-order valence-electron chi connectivity index (χ1n) is 9.83. The van der Waals surface area contributed by atoms with Gasteiger partial charge >= 0.3 is 0 Å². The fraction of sp³-hybridized carbons (Fsp3) is 0.600. The summed E-state index contributed by atoms with van der Waals surface area (Å²) in [6.45, 7) is 11.1. The van der Waals surface area contributed by atoms with Crippen LogP contribution in [0.5, 0.6) is 5.75 Å². The molecule has 1 aromatic carbocycles. The molecule has 0 bridgehead atoms. The van der Waals surface area contributed by atoms with E-state index in [-0.39, 0.29) is 25.0 Å². The van der Waals surface area contributed by atoms with Gasteiger partial charge in [0.25, 0.3) is 16.9 Å². The van der Waals surface area contributed by atoms with Crippen molar-refractivity contribution in [1.29, 1.82) is 0 Å². The lowest BCUT2D eigenvalue weighted by Crippen LogP contribution is -2.30. The smallest absolute Gasteiger partial charge is 0.294 e. The van der Waals surface area contributed by atoms with Crippen LogP contribution in [-0.2, 0) is 4.84 Å². The maximum absolute atomic E-state index is 12.2. The maximum Gasteiger partial charge on any atom is 0.294 e. The zero-order chi connectivity index (χ0) is 22.0. The maximum atomic E-state index is 12.2. The first-order chi connectivity index (χ1) is 13.7. The first-order valence-corrected chi connectivity index (χ1v) is 9.83. The number of fused-ring (bicyclic) bond motifs is 1. The Morgan fingerprint density at radius 2 is 1.69 bits per heavy atom. The molecule has 0 fully saturated rings. The van der Waals surface area contributed by atoms with E-state index in [9.17, 15) is 19.7 Å². The Morgan fingerprint density at radius 3 is 2.21 bits per heavy atom. The van der Waals surface area contributed by atoms with Gasteiger partial charge in [-0.05, 0) is 38.0 Å². The summed E-state index contributed by atoms with van der Waals surface area (Å²) in [5, 5.41) is 12.5. The van der Waals surface area contributed by atoms with Crippen LogP contribution in [0.25, 0.3) is 0 Å². The van der Waals surface area contributed by atoms with Gasteiger partial charge in [-0.25, -0.2) is 0 Å². The van der Waals surface area contributed by atoms with Gasteiger partial charge in [0, 0.05) is 18.6 Å². The highest BCUT2D eigenvalue weighted by Gasteiger charge is 2.35. The predicted octanol–water partition coefficient (Wildman–Crippen LogP) is 3.06. The molecule has 0 atom stereocenters. The van der Waals surface area contributed by atoms with Crippen LogP contribution in [0, 0.1) is 10.1 Å². The number of amides is 2. The number of ether oxygens (including phenoxy) is 1. The van der Waals surface area contributed by atoms with Crippen molar-refractivity contribution in [1.82, 2.24) is 10.2 Å². The van der Waals surface area contributed by atoms with Crippen LogP contribution in [0.2, 0.25) is 0 Å². The highest BCUT2D eigenvalue weighted by Crippen LogP contribution is 2.27. The topological polar surface area (TPSA) is 111 Å². The number of hydrogen-bond donors (Lipinski definition) is 1. The fourth-order valence-corrected chi connectivity index (χ4v) is 2.91. The van der Waals surface area contributed by atoms with Crippen molar-refractivity contribution in [3.63, 3.8) is 0 Å². The van der Waals surface area contributed by atoms with E-state index in [0.717, 1.165) is 4.90 Å². The number of rotatable bonds is 10. The van der Waals surface area contributed by atoms with Crippen molar-refractivity contribution in [2.45, 2.75) is 59.5 Å². The highest BCUT2D eigenvalue weighted by molar-refractivity contribution is 6.21. The van der Waals surface area contributed by atoms with E-state index in [0.29, 0.717) is 48.4 Å². The van der Waals surface area contributed by atoms with E-state index in [1.807, 2.05) is 6.92 Å². The summed E-state index contributed by atoms with van der Waals surface area (Å²) in [6.07, 6.45) is 0.830. The predicted molar refractivity (Wildman–Crippen MR) is 109 cm³/mol. The number of unbranched alkanes of at least 4 members (excludes halogenated alkanes) is 1. The summed E-state index contributed by atoms with van der Waals surface area (Å²) in [4.78, 5) is 39.8. The lowest BCUT2D eigenvalue weighted by molar-refractivity contribution is -0.757. The summed E-state index contributed by atoms with van der Waals surface area (Å²) >= 11 is 0. The van der Waals surface area contributed by atoms with E-state index >= 15 is 0 Å². The Morgan fingerprint density at radius 1 is 1.07 bits per heavy atom. The Balaban J connectivity index is 0.000000516. The molecule has 9 heteroatoms. The number of benzene rings is 1. The minimum Gasteiger partial charge on any atom is -0.494 e. The van der Waals surface area contributed by atoms with E-state index in [1.165, 1.54) is 0 Å². The number of carbonyl (C=O) groups is 2. The van der Waals surface area contributed by atoms with Gasteiger partial charge in [-0.3, -0.25) is 14.5 Å². The van der Waals surface area contributed by atoms with Crippen LogP contribution in [-0.4, -0.2) is 53.6 Å². The Hall–Kier alpha value is -2.68. The van der Waals surface area contributed by atoms with Gasteiger partial charge in [0.15, 0.2) is 0 Å². The molecule has 1 aliphatic heterocycles. The fourth-order valence-electron chi connectivity index (χ4n) is 2.91. The lowest BCUT2D eigenvalue weighted by Gasteiger charge is -2.13. The number of imide groups is 1. The quantitative estimate of drug-likeness (QED) is 0.274. The molecule has 0 radical (unpaired) electrons. The molecule has 2 amide bonds. The van der Waals surface area contributed by atoms with Crippen LogP contribution in [0.1, 0.15) is 68.2 Å². The van der Waals surface area contributed by atoms with Crippen molar-refractivity contribution in [2.24, 2.45) is 0 Å². The van der Waals surface area contributed by atoms with E-state index in [1.54, 1.807) is 18.2 Å². The van der Waals surface area contributed by atoms with Gasteiger partial charge in [-0.15, -0.1) is 10.1 Å². The molecular weight excluding hydrogens is 378 g/mol. The zero-order valence-corrected chi connectivity index (χ0v) is 17.8. The Kier molecular flexibility index (Phi) is 10.1. The largest absolute Gasteiger partial charge is 0.494 e. The van der Waals surface area contributed by atoms with Crippen LogP contribution in [0.15, 0.2) is 18.2 Å². The molecule has 29 heavy (non-hydrogen) atoms. The van der Waals surface area contributed by atoms with E-state index in [4.69, 9.17) is 4.74 Å². The average molecular weight is 409 g/mol. The van der Waals surface area contributed by atoms with Crippen molar-refractivity contribution in [3.05, 3.63) is 39.4 Å². The van der Waals surface area contributed by atoms with Crippen molar-refractivity contribution in [2.75, 3.05) is 19.8 Å². The third-order valence-corrected chi connectivity index (χ3v) is 3.89. The summed E-state index contributed by atoms with van der Waals surface area (Å²) < 4.78 is 5.32. The molecule has 0 saturated carbocycles. The van der Waals surface area contributed by atoms with Crippen LogP contribution in [0.4, 0.5) is 0 Å². The van der Waals surface area contributed by atoms with Crippen LogP contribution < -0.4 is 10.1 Å². The van der Waals surface area contributed by atoms with Gasteiger partial charge < -0.3 is 14.9 Å². The van der Waals surface area contributed by atoms with Crippen molar-refractivity contribution in [3.8, 4) is 5.75 Å². The van der Waals surface area contributed by atoms with Gasteiger partial charge in [0.05, 0.1) is 24.3 Å². The average Bonchev–Trinajstić information content (AvgIpc) is 2.85. The van der Waals surface area contributed by atoms with Crippen molar-refractivity contribution >= 4 is 11.8 Å². The van der Waals surface area contributed by atoms with Gasteiger partial charge in [-0.2, -0.15) is 0 Å². The zero-order valence-electron chi connectivity index (χ0n) is 17.8. The second-order valence-corrected chi connectivity index (χ2v) is 7.14. The molecule has 0 unspecified atom stereocenters. The molecule has 0 aromatic heterocycles. The molecule has 1 aliphatic rings. The van der Waals surface area contributed by atoms with Crippen molar-refractivity contribution < 1.29 is 24.3 Å². The molecule has 0 aliphatic carbocycles. The minimum absolute atomic E-state index is 0.0509. The summed E-state index contributed by atoms with van der Waals surface area (Å²) in [6, 6.07) is 6.05. The molecule has 0 saturated heterocycles. The molecule has 162 valence electrons.